The predicted molar refractivity (Wildman–Crippen MR) is 230 cm³/mol. The Morgan fingerprint density at radius 3 is 1.75 bits per heavy atom. The molecular formula is C44H33B3O4S. The van der Waals surface area contributed by atoms with Crippen LogP contribution < -0.4 is 26.8 Å². The van der Waals surface area contributed by atoms with Crippen LogP contribution in [0.3, 0.4) is 0 Å². The van der Waals surface area contributed by atoms with Crippen molar-refractivity contribution in [1.82, 2.24) is 0 Å². The first-order valence-corrected chi connectivity index (χ1v) is 17.9. The van der Waals surface area contributed by atoms with Gasteiger partial charge in [0, 0.05) is 42.1 Å². The van der Waals surface area contributed by atoms with Gasteiger partial charge in [-0.1, -0.05) is 114 Å². The molecule has 8 heteroatoms. The molecule has 7 aromatic carbocycles. The second kappa shape index (κ2) is 12.6. The molecule has 8 rings (SSSR count). The summed E-state index contributed by atoms with van der Waals surface area (Å²) in [4.78, 5) is 0. The van der Waals surface area contributed by atoms with Gasteiger partial charge in [-0.3, -0.25) is 0 Å². The molecular weight excluding hydrogens is 657 g/mol. The van der Waals surface area contributed by atoms with Crippen molar-refractivity contribution in [3.05, 3.63) is 126 Å². The van der Waals surface area contributed by atoms with Crippen LogP contribution in [0.1, 0.15) is 0 Å². The van der Waals surface area contributed by atoms with Crippen LogP contribution in [0, 0.1) is 0 Å². The first kappa shape index (κ1) is 33.1. The molecule has 1 heterocycles. The van der Waals surface area contributed by atoms with Crippen molar-refractivity contribution in [2.45, 2.75) is 0 Å². The van der Waals surface area contributed by atoms with E-state index in [4.69, 9.17) is 0 Å². The second-order valence-corrected chi connectivity index (χ2v) is 14.5. The van der Waals surface area contributed by atoms with Crippen molar-refractivity contribution in [3.8, 4) is 56.4 Å². The standard InChI is InChI=1S/C44H33B3O4S/c1-22-8-3-4-9-23(2)20-24(17-16-22)34-38-28(10-5-13-30(38)48)36(29-11-6-14-31(49)39(29)34)27-12-7-15-32-37(27)26-19-18-25(21-33(26)52-32)35-40(45)41(46)42(47)44(51)43(35)50/h3-21,48-51H,1-2,45-47H2. The van der Waals surface area contributed by atoms with E-state index in [1.54, 1.807) is 23.5 Å². The van der Waals surface area contributed by atoms with Gasteiger partial charge in [0.2, 0.25) is 0 Å². The normalized spacial score (nSPS) is 11.4. The number of phenolic OH excluding ortho intramolecular Hbond substituents is 4. The van der Waals surface area contributed by atoms with Crippen LogP contribution in [0.2, 0.25) is 0 Å². The Hall–Kier alpha value is -6.11. The van der Waals surface area contributed by atoms with Crippen LogP contribution in [-0.2, 0) is 0 Å². The Morgan fingerprint density at radius 2 is 1.06 bits per heavy atom. The lowest BCUT2D eigenvalue weighted by molar-refractivity contribution is 0.409. The number of benzene rings is 6. The fourth-order valence-corrected chi connectivity index (χ4v) is 8.77. The van der Waals surface area contributed by atoms with E-state index in [2.05, 4.69) is 37.4 Å². The number of thiophene rings is 1. The second-order valence-electron chi connectivity index (χ2n) is 13.4. The van der Waals surface area contributed by atoms with Gasteiger partial charge >= 0.3 is 0 Å². The Kier molecular flexibility index (Phi) is 8.00. The summed E-state index contributed by atoms with van der Waals surface area (Å²) in [5, 5.41) is 51.8. The molecule has 0 radical (unpaired) electrons. The number of rotatable bonds is 3. The molecule has 0 aliphatic rings. The van der Waals surface area contributed by atoms with E-state index in [0.717, 1.165) is 74.6 Å². The summed E-state index contributed by atoms with van der Waals surface area (Å²) >= 11 is 1.66. The highest BCUT2D eigenvalue weighted by atomic mass is 32.1. The molecule has 248 valence electrons. The molecule has 1 aromatic heterocycles. The average molecular weight is 690 g/mol. The third-order valence-corrected chi connectivity index (χ3v) is 11.5. The maximum Gasteiger partial charge on any atom is 0.164 e. The highest BCUT2D eigenvalue weighted by Crippen LogP contribution is 2.51. The molecule has 0 aliphatic carbocycles. The summed E-state index contributed by atoms with van der Waals surface area (Å²) in [6.45, 7) is 8.42. The first-order chi connectivity index (χ1) is 25.0. The minimum Gasteiger partial charge on any atom is -0.507 e. The molecule has 0 unspecified atom stereocenters. The van der Waals surface area contributed by atoms with Crippen LogP contribution in [-0.4, -0.2) is 44.0 Å². The molecule has 8 aromatic rings. The van der Waals surface area contributed by atoms with Gasteiger partial charge in [0.15, 0.2) is 11.5 Å². The molecule has 52 heavy (non-hydrogen) atoms. The number of phenols is 4. The van der Waals surface area contributed by atoms with E-state index in [1.807, 2.05) is 102 Å². The van der Waals surface area contributed by atoms with E-state index >= 15 is 0 Å². The highest BCUT2D eigenvalue weighted by Gasteiger charge is 2.24. The predicted octanol–water partition coefficient (Wildman–Crippen LogP) is 4.90. The molecule has 4 N–H and O–H groups in total. The summed E-state index contributed by atoms with van der Waals surface area (Å²) in [6, 6.07) is 37.1. The summed E-state index contributed by atoms with van der Waals surface area (Å²) < 4.78 is 2.11. The summed E-state index contributed by atoms with van der Waals surface area (Å²) in [5.74, 6) is -0.00188. The van der Waals surface area contributed by atoms with Crippen LogP contribution in [0.25, 0.3) is 88.3 Å². The zero-order chi connectivity index (χ0) is 36.4. The van der Waals surface area contributed by atoms with Crippen molar-refractivity contribution in [1.29, 1.82) is 0 Å². The Morgan fingerprint density at radius 1 is 0.442 bits per heavy atom. The van der Waals surface area contributed by atoms with Crippen LogP contribution in [0.4, 0.5) is 0 Å². The zero-order valence-electron chi connectivity index (χ0n) is 29.1. The average Bonchev–Trinajstić information content (AvgIpc) is 3.51. The zero-order valence-corrected chi connectivity index (χ0v) is 29.9. The monoisotopic (exact) mass is 690 g/mol. The lowest BCUT2D eigenvalue weighted by atomic mass is 9.68. The maximum absolute atomic E-state index is 11.7. The summed E-state index contributed by atoms with van der Waals surface area (Å²) in [7, 11) is 5.75. The van der Waals surface area contributed by atoms with Crippen molar-refractivity contribution in [2.75, 3.05) is 0 Å². The van der Waals surface area contributed by atoms with Gasteiger partial charge in [-0.15, -0.1) is 11.3 Å². The lowest BCUT2D eigenvalue weighted by Gasteiger charge is -2.19. The minimum absolute atomic E-state index is 0.0928. The maximum atomic E-state index is 11.7. The van der Waals surface area contributed by atoms with Gasteiger partial charge in [-0.05, 0) is 73.8 Å². The molecule has 0 saturated heterocycles. The molecule has 0 spiro atoms. The van der Waals surface area contributed by atoms with Crippen LogP contribution in [0.5, 0.6) is 23.0 Å². The quantitative estimate of drug-likeness (QED) is 0.121. The first-order valence-electron chi connectivity index (χ1n) is 17.0. The highest BCUT2D eigenvalue weighted by molar-refractivity contribution is 7.26. The Balaban J connectivity index is 1.48. The molecule has 0 atom stereocenters. The van der Waals surface area contributed by atoms with Gasteiger partial charge in [-0.2, -0.15) is 0 Å². The number of aromatic hydroxyl groups is 4. The Labute approximate surface area is 307 Å². The van der Waals surface area contributed by atoms with Gasteiger partial charge in [0.25, 0.3) is 0 Å². The Bertz CT molecular complexity index is 2900. The third kappa shape index (κ3) is 5.18. The fraction of sp³-hybridized carbons (Fsp3) is 0. The minimum atomic E-state index is -0.111. The van der Waals surface area contributed by atoms with Crippen molar-refractivity contribution in [2.24, 2.45) is 0 Å². The van der Waals surface area contributed by atoms with Gasteiger partial charge in [0.1, 0.15) is 35.0 Å². The molecule has 0 bridgehead atoms. The fourth-order valence-electron chi connectivity index (χ4n) is 7.60. The van der Waals surface area contributed by atoms with Crippen molar-refractivity contribution >= 4 is 106 Å². The number of hydrogen-bond donors (Lipinski definition) is 4. The summed E-state index contributed by atoms with van der Waals surface area (Å²) in [5.41, 5.74) is 7.34. The molecule has 0 fully saturated rings. The van der Waals surface area contributed by atoms with E-state index in [-0.39, 0.29) is 23.0 Å². The SMILES string of the molecule is Bc1c(B)c(O)c(O)c(-c2ccc3c(c2)sc2cccc(-c4c5cccc(O)c5c(-c5ccc(=C)ccccc(=C)c5)c5c(O)cccc45)c23)c1B. The van der Waals surface area contributed by atoms with Crippen molar-refractivity contribution < 1.29 is 20.4 Å². The van der Waals surface area contributed by atoms with Crippen LogP contribution >= 0.6 is 11.3 Å². The van der Waals surface area contributed by atoms with Gasteiger partial charge in [0.05, 0.1) is 0 Å². The third-order valence-electron chi connectivity index (χ3n) is 10.3. The lowest BCUT2D eigenvalue weighted by Crippen LogP contribution is -2.40. The smallest absolute Gasteiger partial charge is 0.164 e. The molecule has 0 saturated carbocycles. The number of fused-ring (bicyclic) bond motifs is 5. The largest absolute Gasteiger partial charge is 0.507 e. The molecule has 0 amide bonds. The van der Waals surface area contributed by atoms with Gasteiger partial charge in [-0.25, -0.2) is 0 Å². The van der Waals surface area contributed by atoms with E-state index in [9.17, 15) is 20.4 Å². The van der Waals surface area contributed by atoms with E-state index in [1.165, 1.54) is 0 Å². The molecule has 4 nitrogen and oxygen atoms in total. The topological polar surface area (TPSA) is 80.9 Å². The van der Waals surface area contributed by atoms with Crippen LogP contribution in [0.15, 0.2) is 115 Å². The molecule has 0 aliphatic heterocycles. The van der Waals surface area contributed by atoms with E-state index in [0.29, 0.717) is 27.4 Å². The summed E-state index contributed by atoms with van der Waals surface area (Å²) in [6.07, 6.45) is 0. The number of hydrogen-bond acceptors (Lipinski definition) is 5. The van der Waals surface area contributed by atoms with Crippen molar-refractivity contribution in [3.63, 3.8) is 0 Å². The van der Waals surface area contributed by atoms with Gasteiger partial charge < -0.3 is 20.4 Å². The van der Waals surface area contributed by atoms with E-state index < -0.39 is 0 Å².